The molecule has 1 aromatic carbocycles. The molecular formula is C12H14BrN3O. The lowest BCUT2D eigenvalue weighted by atomic mass is 10.1. The average molecular weight is 296 g/mol. The summed E-state index contributed by atoms with van der Waals surface area (Å²) in [7, 11) is 0. The van der Waals surface area contributed by atoms with Gasteiger partial charge < -0.3 is 5.11 Å². The van der Waals surface area contributed by atoms with Gasteiger partial charge in [0.1, 0.15) is 6.33 Å². The van der Waals surface area contributed by atoms with Crippen LogP contribution in [0.4, 0.5) is 0 Å². The van der Waals surface area contributed by atoms with Crippen LogP contribution in [-0.4, -0.2) is 25.5 Å². The molecule has 4 nitrogen and oxygen atoms in total. The van der Waals surface area contributed by atoms with Crippen molar-refractivity contribution >= 4 is 15.9 Å². The van der Waals surface area contributed by atoms with E-state index in [-0.39, 0.29) is 0 Å². The molecule has 1 N–H and O–H groups in total. The second-order valence-electron chi connectivity index (χ2n) is 4.59. The normalized spacial score (nSPS) is 11.8. The molecule has 0 saturated carbocycles. The van der Waals surface area contributed by atoms with Gasteiger partial charge in [0, 0.05) is 10.0 Å². The number of nitrogens with zero attached hydrogens (tertiary/aromatic N) is 3. The summed E-state index contributed by atoms with van der Waals surface area (Å²) in [6.07, 6.45) is 1.63. The first-order valence-electron chi connectivity index (χ1n) is 5.32. The van der Waals surface area contributed by atoms with E-state index in [0.717, 1.165) is 10.0 Å². The van der Waals surface area contributed by atoms with Crippen molar-refractivity contribution in [2.75, 3.05) is 0 Å². The van der Waals surface area contributed by atoms with E-state index in [4.69, 9.17) is 0 Å². The topological polar surface area (TPSA) is 50.9 Å². The average Bonchev–Trinajstić information content (AvgIpc) is 2.64. The number of hydrogen-bond acceptors (Lipinski definition) is 3. The van der Waals surface area contributed by atoms with E-state index < -0.39 is 5.60 Å². The highest BCUT2D eigenvalue weighted by molar-refractivity contribution is 9.10. The van der Waals surface area contributed by atoms with E-state index in [2.05, 4.69) is 26.0 Å². The van der Waals surface area contributed by atoms with Crippen LogP contribution >= 0.6 is 15.9 Å². The lowest BCUT2D eigenvalue weighted by Gasteiger charge is -2.15. The maximum Gasteiger partial charge on any atom is 0.181 e. The van der Waals surface area contributed by atoms with Gasteiger partial charge >= 0.3 is 0 Å². The molecule has 0 aliphatic carbocycles. The highest BCUT2D eigenvalue weighted by atomic mass is 79.9. The Bertz CT molecular complexity index is 499. The zero-order chi connectivity index (χ0) is 12.5. The third-order valence-electron chi connectivity index (χ3n) is 2.19. The van der Waals surface area contributed by atoms with Gasteiger partial charge in [-0.3, -0.25) is 0 Å². The largest absolute Gasteiger partial charge is 0.389 e. The van der Waals surface area contributed by atoms with Crippen LogP contribution in [-0.2, 0) is 6.54 Å². The predicted octanol–water partition coefficient (Wildman–Crippen LogP) is 2.48. The molecule has 0 amide bonds. The van der Waals surface area contributed by atoms with Crippen LogP contribution in [0, 0.1) is 0 Å². The van der Waals surface area contributed by atoms with Gasteiger partial charge in [0.2, 0.25) is 0 Å². The fourth-order valence-electron chi connectivity index (χ4n) is 1.50. The summed E-state index contributed by atoms with van der Waals surface area (Å²) in [6, 6.07) is 7.81. The Morgan fingerprint density at radius 1 is 1.29 bits per heavy atom. The van der Waals surface area contributed by atoms with E-state index in [0.29, 0.717) is 12.4 Å². The monoisotopic (exact) mass is 295 g/mol. The summed E-state index contributed by atoms with van der Waals surface area (Å²) in [4.78, 5) is 4.23. The fraction of sp³-hybridized carbons (Fsp3) is 0.333. The number of aliphatic hydroxyl groups is 1. The van der Waals surface area contributed by atoms with Crippen molar-refractivity contribution in [2.45, 2.75) is 26.0 Å². The maximum absolute atomic E-state index is 9.69. The molecule has 17 heavy (non-hydrogen) atoms. The number of hydrogen-bond donors (Lipinski definition) is 1. The van der Waals surface area contributed by atoms with Crippen LogP contribution in [0.5, 0.6) is 0 Å². The Balaban J connectivity index is 2.21. The molecule has 0 fully saturated rings. The molecule has 0 aliphatic rings. The smallest absolute Gasteiger partial charge is 0.181 e. The molecule has 0 radical (unpaired) electrons. The van der Waals surface area contributed by atoms with Gasteiger partial charge in [-0.2, -0.15) is 5.10 Å². The molecule has 1 heterocycles. The molecule has 2 aromatic rings. The molecule has 0 atom stereocenters. The van der Waals surface area contributed by atoms with Crippen LogP contribution in [0.15, 0.2) is 35.1 Å². The SMILES string of the molecule is CC(C)(O)Cn1cnc(-c2ccc(Br)cc2)n1. The van der Waals surface area contributed by atoms with Crippen molar-refractivity contribution in [2.24, 2.45) is 0 Å². The van der Waals surface area contributed by atoms with Gasteiger partial charge in [0.05, 0.1) is 12.1 Å². The lowest BCUT2D eigenvalue weighted by molar-refractivity contribution is 0.0577. The molecule has 1 aromatic heterocycles. The van der Waals surface area contributed by atoms with Crippen LogP contribution in [0.2, 0.25) is 0 Å². The number of halogens is 1. The lowest BCUT2D eigenvalue weighted by Crippen LogP contribution is -2.26. The van der Waals surface area contributed by atoms with E-state index in [1.807, 2.05) is 24.3 Å². The third-order valence-corrected chi connectivity index (χ3v) is 2.72. The van der Waals surface area contributed by atoms with Crippen molar-refractivity contribution in [3.8, 4) is 11.4 Å². The molecular weight excluding hydrogens is 282 g/mol. The summed E-state index contributed by atoms with van der Waals surface area (Å²) < 4.78 is 2.68. The van der Waals surface area contributed by atoms with Gasteiger partial charge in [-0.25, -0.2) is 9.67 Å². The van der Waals surface area contributed by atoms with Crippen molar-refractivity contribution in [1.29, 1.82) is 0 Å². The molecule has 0 saturated heterocycles. The summed E-state index contributed by atoms with van der Waals surface area (Å²) in [5.41, 5.74) is 0.174. The first-order chi connectivity index (χ1) is 7.94. The minimum atomic E-state index is -0.787. The van der Waals surface area contributed by atoms with Gasteiger partial charge in [0.15, 0.2) is 5.82 Å². The predicted molar refractivity (Wildman–Crippen MR) is 69.5 cm³/mol. The summed E-state index contributed by atoms with van der Waals surface area (Å²) >= 11 is 3.38. The Kier molecular flexibility index (Phi) is 3.31. The Labute approximate surface area is 108 Å². The summed E-state index contributed by atoms with van der Waals surface area (Å²) in [5.74, 6) is 0.668. The highest BCUT2D eigenvalue weighted by Gasteiger charge is 2.14. The van der Waals surface area contributed by atoms with Crippen LogP contribution in [0.3, 0.4) is 0 Å². The minimum Gasteiger partial charge on any atom is -0.389 e. The highest BCUT2D eigenvalue weighted by Crippen LogP contribution is 2.18. The molecule has 0 unspecified atom stereocenters. The Morgan fingerprint density at radius 2 is 1.94 bits per heavy atom. The van der Waals surface area contributed by atoms with Crippen molar-refractivity contribution in [3.63, 3.8) is 0 Å². The Morgan fingerprint density at radius 3 is 2.53 bits per heavy atom. The summed E-state index contributed by atoms with van der Waals surface area (Å²) in [5, 5.41) is 14.0. The summed E-state index contributed by atoms with van der Waals surface area (Å²) in [6.45, 7) is 3.92. The quantitative estimate of drug-likeness (QED) is 0.946. The molecule has 2 rings (SSSR count). The first-order valence-corrected chi connectivity index (χ1v) is 6.11. The standard InChI is InChI=1S/C12H14BrN3O/c1-12(2,17)7-16-8-14-11(15-16)9-3-5-10(13)6-4-9/h3-6,8,17H,7H2,1-2H3. The van der Waals surface area contributed by atoms with Gasteiger partial charge in [-0.15, -0.1) is 0 Å². The van der Waals surface area contributed by atoms with Gasteiger partial charge in [-0.1, -0.05) is 28.1 Å². The van der Waals surface area contributed by atoms with Crippen LogP contribution < -0.4 is 0 Å². The molecule has 0 spiro atoms. The molecule has 90 valence electrons. The van der Waals surface area contributed by atoms with Crippen molar-refractivity contribution in [1.82, 2.24) is 14.8 Å². The number of aromatic nitrogens is 3. The minimum absolute atomic E-state index is 0.427. The van der Waals surface area contributed by atoms with E-state index in [1.165, 1.54) is 0 Å². The second kappa shape index (κ2) is 4.58. The number of benzene rings is 1. The Hall–Kier alpha value is -1.20. The number of rotatable bonds is 3. The molecule has 0 bridgehead atoms. The zero-order valence-corrected chi connectivity index (χ0v) is 11.3. The van der Waals surface area contributed by atoms with Crippen molar-refractivity contribution < 1.29 is 5.11 Å². The second-order valence-corrected chi connectivity index (χ2v) is 5.50. The van der Waals surface area contributed by atoms with E-state index >= 15 is 0 Å². The van der Waals surface area contributed by atoms with Crippen LogP contribution in [0.25, 0.3) is 11.4 Å². The molecule has 0 aliphatic heterocycles. The van der Waals surface area contributed by atoms with E-state index in [1.54, 1.807) is 24.9 Å². The van der Waals surface area contributed by atoms with Gasteiger partial charge in [0.25, 0.3) is 0 Å². The van der Waals surface area contributed by atoms with Crippen LogP contribution in [0.1, 0.15) is 13.8 Å². The molecule has 5 heteroatoms. The van der Waals surface area contributed by atoms with E-state index in [9.17, 15) is 5.11 Å². The third kappa shape index (κ3) is 3.38. The van der Waals surface area contributed by atoms with Crippen molar-refractivity contribution in [3.05, 3.63) is 35.1 Å². The fourth-order valence-corrected chi connectivity index (χ4v) is 1.76. The first kappa shape index (κ1) is 12.3. The van der Waals surface area contributed by atoms with Gasteiger partial charge in [-0.05, 0) is 26.0 Å². The zero-order valence-electron chi connectivity index (χ0n) is 9.76. The maximum atomic E-state index is 9.69.